The molecule has 188 valence electrons. The largest absolute Gasteiger partial charge is 0.486 e. The van der Waals surface area contributed by atoms with Crippen molar-refractivity contribution in [2.24, 2.45) is 0 Å². The number of fused-ring (bicyclic) bond motifs is 2. The molecule has 2 aliphatic rings. The van der Waals surface area contributed by atoms with Gasteiger partial charge in [-0.2, -0.15) is 0 Å². The average molecular weight is 509 g/mol. The van der Waals surface area contributed by atoms with E-state index >= 15 is 0 Å². The highest BCUT2D eigenvalue weighted by Crippen LogP contribution is 2.39. The first-order chi connectivity index (χ1) is 17.5. The molecule has 3 aromatic rings. The maximum absolute atomic E-state index is 13.8. The second-order valence-corrected chi connectivity index (χ2v) is 9.63. The number of nitrogens with zero attached hydrogens (tertiary/aromatic N) is 4. The molecule has 0 spiro atoms. The fourth-order valence-corrected chi connectivity index (χ4v) is 5.43. The summed E-state index contributed by atoms with van der Waals surface area (Å²) in [5, 5.41) is 0.572. The number of ether oxygens (including phenoxy) is 2. The molecule has 1 aromatic heterocycles. The lowest BCUT2D eigenvalue weighted by Crippen LogP contribution is -2.39. The van der Waals surface area contributed by atoms with Crippen LogP contribution in [0, 0.1) is 0 Å². The van der Waals surface area contributed by atoms with Gasteiger partial charge >= 0.3 is 0 Å². The van der Waals surface area contributed by atoms with Gasteiger partial charge in [0.1, 0.15) is 13.2 Å². The van der Waals surface area contributed by atoms with E-state index in [0.29, 0.717) is 54.2 Å². The molecule has 0 unspecified atom stereocenters. The zero-order valence-corrected chi connectivity index (χ0v) is 21.2. The molecule has 0 atom stereocenters. The number of hydrogen-bond donors (Lipinski definition) is 0. The van der Waals surface area contributed by atoms with E-state index in [2.05, 4.69) is 18.7 Å². The number of aromatic nitrogens is 1. The Bertz CT molecular complexity index is 1260. The van der Waals surface area contributed by atoms with Crippen LogP contribution in [0.15, 0.2) is 36.4 Å². The van der Waals surface area contributed by atoms with E-state index in [9.17, 15) is 14.4 Å². The van der Waals surface area contributed by atoms with Crippen molar-refractivity contribution < 1.29 is 23.9 Å². The molecule has 0 bridgehead atoms. The second-order valence-electron chi connectivity index (χ2n) is 8.62. The first-order valence-corrected chi connectivity index (χ1v) is 13.0. The van der Waals surface area contributed by atoms with Gasteiger partial charge in [0.05, 0.1) is 15.9 Å². The van der Waals surface area contributed by atoms with E-state index in [1.165, 1.54) is 16.2 Å². The van der Waals surface area contributed by atoms with Gasteiger partial charge in [0.2, 0.25) is 11.8 Å². The Hall–Kier alpha value is -3.50. The van der Waals surface area contributed by atoms with Crippen LogP contribution < -0.4 is 19.3 Å². The molecule has 1 saturated heterocycles. The maximum atomic E-state index is 13.8. The minimum absolute atomic E-state index is 0.191. The van der Waals surface area contributed by atoms with E-state index in [1.807, 2.05) is 12.1 Å². The standard InChI is InChI=1S/C26H28N4O5S/c1-3-28(4-2)10-11-29(26-27-19-15-20-21(16-22(19)36-26)35-13-12-34-20)25(33)17-6-5-7-18(14-17)30-23(31)8-9-24(30)32/h5-7,14-16H,3-4,8-13H2,1-2H3. The molecule has 9 nitrogen and oxygen atoms in total. The van der Waals surface area contributed by atoms with Crippen LogP contribution in [0.1, 0.15) is 37.0 Å². The summed E-state index contributed by atoms with van der Waals surface area (Å²) in [6.07, 6.45) is 0.381. The first kappa shape index (κ1) is 24.2. The molecule has 36 heavy (non-hydrogen) atoms. The van der Waals surface area contributed by atoms with Crippen molar-refractivity contribution >= 4 is 50.1 Å². The average Bonchev–Trinajstić information content (AvgIpc) is 3.46. The number of hydrogen-bond acceptors (Lipinski definition) is 8. The van der Waals surface area contributed by atoms with Crippen molar-refractivity contribution in [3.63, 3.8) is 0 Å². The summed E-state index contributed by atoms with van der Waals surface area (Å²) < 4.78 is 12.3. The van der Waals surface area contributed by atoms with Crippen LogP contribution in [0.4, 0.5) is 10.8 Å². The number of rotatable bonds is 8. The van der Waals surface area contributed by atoms with E-state index in [4.69, 9.17) is 14.5 Å². The predicted octanol–water partition coefficient (Wildman–Crippen LogP) is 3.71. The Kier molecular flexibility index (Phi) is 6.88. The molecule has 0 saturated carbocycles. The molecule has 2 aromatic carbocycles. The van der Waals surface area contributed by atoms with Crippen molar-refractivity contribution in [3.8, 4) is 11.5 Å². The fourth-order valence-electron chi connectivity index (χ4n) is 4.43. The summed E-state index contributed by atoms with van der Waals surface area (Å²) in [6.45, 7) is 8.03. The quantitative estimate of drug-likeness (QED) is 0.428. The summed E-state index contributed by atoms with van der Waals surface area (Å²) in [7, 11) is 0. The highest BCUT2D eigenvalue weighted by Gasteiger charge is 2.31. The van der Waals surface area contributed by atoms with Crippen LogP contribution >= 0.6 is 11.3 Å². The highest BCUT2D eigenvalue weighted by atomic mass is 32.1. The third-order valence-electron chi connectivity index (χ3n) is 6.45. The summed E-state index contributed by atoms with van der Waals surface area (Å²) in [6, 6.07) is 10.5. The Morgan fingerprint density at radius 2 is 1.69 bits per heavy atom. The Morgan fingerprint density at radius 1 is 1.00 bits per heavy atom. The molecule has 5 rings (SSSR count). The van der Waals surface area contributed by atoms with Gasteiger partial charge in [-0.3, -0.25) is 24.2 Å². The van der Waals surface area contributed by atoms with Crippen molar-refractivity contribution in [1.29, 1.82) is 0 Å². The molecule has 10 heteroatoms. The highest BCUT2D eigenvalue weighted by molar-refractivity contribution is 7.22. The number of benzene rings is 2. The summed E-state index contributed by atoms with van der Waals surface area (Å²) in [5.41, 5.74) is 1.55. The lowest BCUT2D eigenvalue weighted by atomic mass is 10.1. The minimum atomic E-state index is -0.248. The van der Waals surface area contributed by atoms with Crippen molar-refractivity contribution in [2.75, 3.05) is 49.2 Å². The number of amides is 3. The molecule has 0 radical (unpaired) electrons. The SMILES string of the molecule is CCN(CC)CCN(C(=O)c1cccc(N2C(=O)CCC2=O)c1)c1nc2cc3c(cc2s1)OCCO3. The van der Waals surface area contributed by atoms with Gasteiger partial charge in [-0.25, -0.2) is 4.98 Å². The van der Waals surface area contributed by atoms with E-state index < -0.39 is 0 Å². The van der Waals surface area contributed by atoms with Gasteiger partial charge in [0.25, 0.3) is 5.91 Å². The third kappa shape index (κ3) is 4.66. The zero-order valence-electron chi connectivity index (χ0n) is 20.4. The summed E-state index contributed by atoms with van der Waals surface area (Å²) in [5.74, 6) is 0.599. The van der Waals surface area contributed by atoms with Crippen LogP contribution in [-0.4, -0.2) is 67.0 Å². The fraction of sp³-hybridized carbons (Fsp3) is 0.385. The molecular formula is C26H28N4O5S. The van der Waals surface area contributed by atoms with Gasteiger partial charge in [-0.1, -0.05) is 31.3 Å². The number of carbonyl (C=O) groups is 3. The Morgan fingerprint density at radius 3 is 2.39 bits per heavy atom. The van der Waals surface area contributed by atoms with Crippen LogP contribution in [0.2, 0.25) is 0 Å². The molecule has 0 N–H and O–H groups in total. The topological polar surface area (TPSA) is 92.3 Å². The lowest BCUT2D eigenvalue weighted by Gasteiger charge is -2.25. The van der Waals surface area contributed by atoms with Gasteiger partial charge < -0.3 is 14.4 Å². The van der Waals surface area contributed by atoms with E-state index in [0.717, 1.165) is 23.3 Å². The second kappa shape index (κ2) is 10.2. The Labute approximate surface area is 213 Å². The number of carbonyl (C=O) groups excluding carboxylic acids is 3. The normalized spacial score (nSPS) is 15.2. The first-order valence-electron chi connectivity index (χ1n) is 12.2. The molecule has 2 aliphatic heterocycles. The van der Waals surface area contributed by atoms with E-state index in [-0.39, 0.29) is 30.6 Å². The van der Waals surface area contributed by atoms with E-state index in [1.54, 1.807) is 29.2 Å². The van der Waals surface area contributed by atoms with Crippen molar-refractivity contribution in [3.05, 3.63) is 42.0 Å². The monoisotopic (exact) mass is 508 g/mol. The molecule has 3 heterocycles. The van der Waals surface area contributed by atoms with Gasteiger partial charge in [-0.05, 0) is 31.3 Å². The zero-order chi connectivity index (χ0) is 25.2. The van der Waals surface area contributed by atoms with Crippen LogP contribution in [0.25, 0.3) is 10.2 Å². The van der Waals surface area contributed by atoms with Crippen LogP contribution in [-0.2, 0) is 9.59 Å². The molecular weight excluding hydrogens is 480 g/mol. The summed E-state index contributed by atoms with van der Waals surface area (Å²) >= 11 is 1.42. The maximum Gasteiger partial charge on any atom is 0.260 e. The number of likely N-dealkylation sites (N-methyl/N-ethyl adjacent to an activating group) is 1. The third-order valence-corrected chi connectivity index (χ3v) is 7.50. The van der Waals surface area contributed by atoms with Crippen molar-refractivity contribution in [2.45, 2.75) is 26.7 Å². The van der Waals surface area contributed by atoms with Gasteiger partial charge in [0.15, 0.2) is 16.6 Å². The number of thiazole rings is 1. The van der Waals surface area contributed by atoms with Crippen LogP contribution in [0.5, 0.6) is 11.5 Å². The van der Waals surface area contributed by atoms with Gasteiger partial charge in [0, 0.05) is 43.6 Å². The van der Waals surface area contributed by atoms with Crippen LogP contribution in [0.3, 0.4) is 0 Å². The molecule has 3 amide bonds. The van der Waals surface area contributed by atoms with Crippen molar-refractivity contribution in [1.82, 2.24) is 9.88 Å². The smallest absolute Gasteiger partial charge is 0.260 e. The number of anilines is 2. The molecule has 1 fully saturated rings. The van der Waals surface area contributed by atoms with Gasteiger partial charge in [-0.15, -0.1) is 0 Å². The molecule has 0 aliphatic carbocycles. The number of imide groups is 1. The summed E-state index contributed by atoms with van der Waals surface area (Å²) in [4.78, 5) is 48.2. The Balaban J connectivity index is 1.49. The predicted molar refractivity (Wildman–Crippen MR) is 138 cm³/mol. The lowest BCUT2D eigenvalue weighted by molar-refractivity contribution is -0.121. The minimum Gasteiger partial charge on any atom is -0.486 e.